The average molecular weight is 498 g/mol. The summed E-state index contributed by atoms with van der Waals surface area (Å²) in [4.78, 5) is 33.7. The van der Waals surface area contributed by atoms with Crippen LogP contribution in [0.3, 0.4) is 0 Å². The molecule has 1 saturated carbocycles. The van der Waals surface area contributed by atoms with Gasteiger partial charge in [0.15, 0.2) is 5.82 Å². The summed E-state index contributed by atoms with van der Waals surface area (Å²) in [5.41, 5.74) is 0.730. The van der Waals surface area contributed by atoms with Crippen LogP contribution in [0.5, 0.6) is 5.75 Å². The Morgan fingerprint density at radius 3 is 2.36 bits per heavy atom. The number of aryl methyl sites for hydroxylation is 1. The predicted octanol–water partition coefficient (Wildman–Crippen LogP) is 3.08. The van der Waals surface area contributed by atoms with Gasteiger partial charge in [0.05, 0.1) is 7.11 Å². The fourth-order valence-electron chi connectivity index (χ4n) is 5.30. The van der Waals surface area contributed by atoms with Crippen LogP contribution in [0.4, 0.5) is 0 Å². The summed E-state index contributed by atoms with van der Waals surface area (Å²) < 4.78 is 10.7. The van der Waals surface area contributed by atoms with Gasteiger partial charge in [-0.15, -0.1) is 0 Å². The third kappa shape index (κ3) is 6.84. The van der Waals surface area contributed by atoms with Crippen LogP contribution < -0.4 is 10.1 Å². The Kier molecular flexibility index (Phi) is 8.96. The van der Waals surface area contributed by atoms with E-state index in [2.05, 4.69) is 32.5 Å². The normalized spacial score (nSPS) is 18.4. The molecular formula is C27H39N5O4. The first-order valence-electron chi connectivity index (χ1n) is 13.2. The highest BCUT2D eigenvalue weighted by Crippen LogP contribution is 2.34. The molecule has 9 heteroatoms. The minimum absolute atomic E-state index is 0.0819. The molecule has 1 aliphatic carbocycles. The van der Waals surface area contributed by atoms with Gasteiger partial charge in [-0.25, -0.2) is 0 Å². The van der Waals surface area contributed by atoms with E-state index in [1.807, 2.05) is 17.0 Å². The average Bonchev–Trinajstić information content (AvgIpc) is 3.26. The van der Waals surface area contributed by atoms with E-state index in [1.54, 1.807) is 7.11 Å². The summed E-state index contributed by atoms with van der Waals surface area (Å²) in [7, 11) is 1.68. The number of carbonyl (C=O) groups excluding carboxylic acids is 2. The number of hydrogen-bond acceptors (Lipinski definition) is 7. The first kappa shape index (κ1) is 26.1. The van der Waals surface area contributed by atoms with E-state index in [0.717, 1.165) is 83.4 Å². The third-order valence-electron chi connectivity index (χ3n) is 7.42. The molecule has 9 nitrogen and oxygen atoms in total. The minimum atomic E-state index is -0.559. The third-order valence-corrected chi connectivity index (χ3v) is 7.42. The van der Waals surface area contributed by atoms with Gasteiger partial charge in [0.1, 0.15) is 11.3 Å². The van der Waals surface area contributed by atoms with Gasteiger partial charge in [0, 0.05) is 52.5 Å². The number of ether oxygens (including phenoxy) is 1. The molecule has 2 fully saturated rings. The molecule has 0 radical (unpaired) electrons. The van der Waals surface area contributed by atoms with Gasteiger partial charge < -0.3 is 19.5 Å². The van der Waals surface area contributed by atoms with E-state index in [9.17, 15) is 9.59 Å². The Bertz CT molecular complexity index is 990. The molecule has 1 aliphatic heterocycles. The molecule has 2 aliphatic rings. The first-order valence-corrected chi connectivity index (χ1v) is 13.2. The van der Waals surface area contributed by atoms with E-state index < -0.39 is 5.54 Å². The molecule has 2 heterocycles. The van der Waals surface area contributed by atoms with Crippen molar-refractivity contribution in [1.29, 1.82) is 0 Å². The molecule has 1 aromatic carbocycles. The van der Waals surface area contributed by atoms with Crippen LogP contribution in [0.2, 0.25) is 0 Å². The number of nitrogens with zero attached hydrogens (tertiary/aromatic N) is 4. The molecule has 196 valence electrons. The summed E-state index contributed by atoms with van der Waals surface area (Å²) in [6.07, 6.45) is 7.71. The van der Waals surface area contributed by atoms with Crippen molar-refractivity contribution in [3.63, 3.8) is 0 Å². The Morgan fingerprint density at radius 1 is 1.03 bits per heavy atom. The van der Waals surface area contributed by atoms with E-state index in [4.69, 9.17) is 9.26 Å². The number of methoxy groups -OCH3 is 1. The van der Waals surface area contributed by atoms with Crippen LogP contribution in [0.1, 0.15) is 69.1 Å². The van der Waals surface area contributed by atoms with Crippen molar-refractivity contribution < 1.29 is 18.8 Å². The molecule has 2 amide bonds. The monoisotopic (exact) mass is 497 g/mol. The maximum Gasteiger partial charge on any atom is 0.227 e. The van der Waals surface area contributed by atoms with Gasteiger partial charge >= 0.3 is 0 Å². The SMILES string of the molecule is COc1ccc(CCN2CCN(C(=O)CCc3nc(C4(NC(C)=O)CCCCCC4)no3)CC2)cc1. The fourth-order valence-corrected chi connectivity index (χ4v) is 5.30. The molecule has 4 rings (SSSR count). The lowest BCUT2D eigenvalue weighted by atomic mass is 9.89. The van der Waals surface area contributed by atoms with Gasteiger partial charge in [0.2, 0.25) is 17.7 Å². The van der Waals surface area contributed by atoms with Crippen molar-refractivity contribution in [2.75, 3.05) is 39.8 Å². The van der Waals surface area contributed by atoms with Crippen LogP contribution in [0.25, 0.3) is 0 Å². The zero-order valence-electron chi connectivity index (χ0n) is 21.6. The lowest BCUT2D eigenvalue weighted by molar-refractivity contribution is -0.133. The number of rotatable bonds is 9. The fraction of sp³-hybridized carbons (Fsp3) is 0.630. The molecule has 0 atom stereocenters. The zero-order chi connectivity index (χ0) is 25.4. The van der Waals surface area contributed by atoms with E-state index in [0.29, 0.717) is 24.6 Å². The van der Waals surface area contributed by atoms with Gasteiger partial charge in [0.25, 0.3) is 0 Å². The Morgan fingerprint density at radius 2 is 1.72 bits per heavy atom. The quantitative estimate of drug-likeness (QED) is 0.531. The van der Waals surface area contributed by atoms with Gasteiger partial charge in [-0.3, -0.25) is 14.5 Å². The summed E-state index contributed by atoms with van der Waals surface area (Å²) in [5, 5.41) is 7.32. The van der Waals surface area contributed by atoms with Crippen LogP contribution in [0, 0.1) is 0 Å². The molecule has 0 bridgehead atoms. The maximum absolute atomic E-state index is 12.8. The molecule has 2 aromatic rings. The van der Waals surface area contributed by atoms with Crippen molar-refractivity contribution in [3.8, 4) is 5.75 Å². The summed E-state index contributed by atoms with van der Waals surface area (Å²) >= 11 is 0. The van der Waals surface area contributed by atoms with Crippen molar-refractivity contribution in [1.82, 2.24) is 25.3 Å². The van der Waals surface area contributed by atoms with Crippen molar-refractivity contribution in [3.05, 3.63) is 41.5 Å². The Balaban J connectivity index is 1.23. The summed E-state index contributed by atoms with van der Waals surface area (Å²) in [6.45, 7) is 5.75. The number of amides is 2. The highest BCUT2D eigenvalue weighted by atomic mass is 16.5. The standard InChI is InChI=1S/C27H39N5O4/c1-21(33)29-27(14-5-3-4-6-15-27)26-28-24(36-30-26)11-12-25(34)32-19-17-31(18-20-32)16-13-22-7-9-23(35-2)10-8-22/h7-10H,3-6,11-20H2,1-2H3,(H,29,33). The molecule has 1 aromatic heterocycles. The molecule has 1 N–H and O–H groups in total. The predicted molar refractivity (Wildman–Crippen MR) is 136 cm³/mol. The molecule has 1 saturated heterocycles. The molecule has 36 heavy (non-hydrogen) atoms. The molecule has 0 spiro atoms. The van der Waals surface area contributed by atoms with Crippen molar-refractivity contribution in [2.24, 2.45) is 0 Å². The Labute approximate surface area is 213 Å². The van der Waals surface area contributed by atoms with E-state index in [1.165, 1.54) is 12.5 Å². The van der Waals surface area contributed by atoms with Crippen LogP contribution >= 0.6 is 0 Å². The van der Waals surface area contributed by atoms with Gasteiger partial charge in [-0.2, -0.15) is 4.98 Å². The number of hydrogen-bond donors (Lipinski definition) is 1. The second-order valence-electron chi connectivity index (χ2n) is 10.0. The number of piperazine rings is 1. The van der Waals surface area contributed by atoms with Gasteiger partial charge in [-0.1, -0.05) is 43.0 Å². The Hall–Kier alpha value is -2.94. The highest BCUT2D eigenvalue weighted by molar-refractivity contribution is 5.76. The first-order chi connectivity index (χ1) is 17.5. The number of benzene rings is 1. The number of nitrogens with one attached hydrogen (secondary N) is 1. The second-order valence-corrected chi connectivity index (χ2v) is 10.0. The van der Waals surface area contributed by atoms with Crippen molar-refractivity contribution >= 4 is 11.8 Å². The second kappa shape index (κ2) is 12.3. The van der Waals surface area contributed by atoms with Crippen LogP contribution in [0.15, 0.2) is 28.8 Å². The highest BCUT2D eigenvalue weighted by Gasteiger charge is 2.38. The van der Waals surface area contributed by atoms with Crippen LogP contribution in [-0.4, -0.2) is 71.6 Å². The zero-order valence-corrected chi connectivity index (χ0v) is 21.6. The lowest BCUT2D eigenvalue weighted by Gasteiger charge is -2.34. The van der Waals surface area contributed by atoms with E-state index in [-0.39, 0.29) is 11.8 Å². The minimum Gasteiger partial charge on any atom is -0.497 e. The van der Waals surface area contributed by atoms with Crippen molar-refractivity contribution in [2.45, 2.75) is 70.3 Å². The largest absolute Gasteiger partial charge is 0.497 e. The molecule has 0 unspecified atom stereocenters. The maximum atomic E-state index is 12.8. The topological polar surface area (TPSA) is 101 Å². The van der Waals surface area contributed by atoms with E-state index >= 15 is 0 Å². The smallest absolute Gasteiger partial charge is 0.227 e. The summed E-state index contributed by atoms with van der Waals surface area (Å²) in [5.74, 6) is 1.93. The van der Waals surface area contributed by atoms with Crippen LogP contribution in [-0.2, 0) is 28.0 Å². The summed E-state index contributed by atoms with van der Waals surface area (Å²) in [6, 6.07) is 8.20. The number of aromatic nitrogens is 2. The molecular weight excluding hydrogens is 458 g/mol. The lowest BCUT2D eigenvalue weighted by Crippen LogP contribution is -2.49. The number of carbonyl (C=O) groups is 2. The van der Waals surface area contributed by atoms with Gasteiger partial charge in [-0.05, 0) is 37.0 Å².